The lowest BCUT2D eigenvalue weighted by molar-refractivity contribution is 0.477. The molecule has 0 amide bonds. The average molecular weight is 269 g/mol. The smallest absolute Gasteiger partial charge is 0.127 e. The van der Waals surface area contributed by atoms with E-state index in [9.17, 15) is 5.11 Å². The standard InChI is InChI=1S/C17H13ClO/c1-11-16(18)15(12-7-3-2-4-8-12)13-9-5-6-10-14(13)17(11)19/h2-10,19H,1H3. The van der Waals surface area contributed by atoms with Crippen molar-refractivity contribution >= 4 is 22.4 Å². The maximum Gasteiger partial charge on any atom is 0.127 e. The van der Waals surface area contributed by atoms with Crippen molar-refractivity contribution in [1.29, 1.82) is 0 Å². The molecule has 0 radical (unpaired) electrons. The average Bonchev–Trinajstić information content (AvgIpc) is 2.46. The highest BCUT2D eigenvalue weighted by atomic mass is 35.5. The summed E-state index contributed by atoms with van der Waals surface area (Å²) in [6.07, 6.45) is 0. The van der Waals surface area contributed by atoms with Gasteiger partial charge >= 0.3 is 0 Å². The number of phenolic OH excluding ortho intramolecular Hbond substituents is 1. The van der Waals surface area contributed by atoms with E-state index in [1.807, 2.05) is 61.5 Å². The van der Waals surface area contributed by atoms with Crippen LogP contribution in [0.5, 0.6) is 5.75 Å². The van der Waals surface area contributed by atoms with Gasteiger partial charge in [-0.25, -0.2) is 0 Å². The van der Waals surface area contributed by atoms with Gasteiger partial charge in [0.25, 0.3) is 0 Å². The molecule has 0 spiro atoms. The number of benzene rings is 3. The second-order valence-corrected chi connectivity index (χ2v) is 4.95. The molecule has 0 saturated carbocycles. The van der Waals surface area contributed by atoms with Gasteiger partial charge in [0, 0.05) is 16.5 Å². The minimum absolute atomic E-state index is 0.264. The molecule has 0 aromatic heterocycles. The van der Waals surface area contributed by atoms with Gasteiger partial charge < -0.3 is 5.11 Å². The predicted octanol–water partition coefficient (Wildman–Crippen LogP) is 5.17. The van der Waals surface area contributed by atoms with Crippen molar-refractivity contribution in [2.24, 2.45) is 0 Å². The van der Waals surface area contributed by atoms with Crippen LogP contribution < -0.4 is 0 Å². The summed E-state index contributed by atoms with van der Waals surface area (Å²) in [7, 11) is 0. The minimum Gasteiger partial charge on any atom is -0.507 e. The van der Waals surface area contributed by atoms with Crippen LogP contribution in [0.15, 0.2) is 54.6 Å². The van der Waals surface area contributed by atoms with Gasteiger partial charge in [0.2, 0.25) is 0 Å². The van der Waals surface area contributed by atoms with Crippen molar-refractivity contribution in [3.8, 4) is 16.9 Å². The molecule has 0 unspecified atom stereocenters. The summed E-state index contributed by atoms with van der Waals surface area (Å²) in [4.78, 5) is 0. The van der Waals surface area contributed by atoms with E-state index in [2.05, 4.69) is 0 Å². The first kappa shape index (κ1) is 12.1. The second-order valence-electron chi connectivity index (χ2n) is 4.57. The highest BCUT2D eigenvalue weighted by molar-refractivity contribution is 6.36. The summed E-state index contributed by atoms with van der Waals surface area (Å²) in [5.41, 5.74) is 2.76. The number of hydrogen-bond acceptors (Lipinski definition) is 1. The van der Waals surface area contributed by atoms with Crippen molar-refractivity contribution < 1.29 is 5.11 Å². The maximum absolute atomic E-state index is 10.2. The summed E-state index contributed by atoms with van der Waals surface area (Å²) in [6, 6.07) is 17.8. The van der Waals surface area contributed by atoms with Gasteiger partial charge in [-0.1, -0.05) is 66.2 Å². The van der Waals surface area contributed by atoms with Crippen molar-refractivity contribution in [2.45, 2.75) is 6.92 Å². The molecular weight excluding hydrogens is 256 g/mol. The fourth-order valence-corrected chi connectivity index (χ4v) is 2.71. The van der Waals surface area contributed by atoms with Crippen molar-refractivity contribution in [3.05, 3.63) is 65.2 Å². The molecule has 0 aliphatic heterocycles. The van der Waals surface area contributed by atoms with Crippen LogP contribution in [0.1, 0.15) is 5.56 Å². The summed E-state index contributed by atoms with van der Waals surface area (Å²) in [5.74, 6) is 0.264. The van der Waals surface area contributed by atoms with Crippen molar-refractivity contribution in [1.82, 2.24) is 0 Å². The zero-order valence-corrected chi connectivity index (χ0v) is 11.3. The molecule has 3 rings (SSSR count). The van der Waals surface area contributed by atoms with Gasteiger partial charge in [0.05, 0.1) is 5.02 Å². The van der Waals surface area contributed by atoms with Crippen molar-refractivity contribution in [2.75, 3.05) is 0 Å². The van der Waals surface area contributed by atoms with E-state index in [1.54, 1.807) is 0 Å². The molecule has 94 valence electrons. The Balaban J connectivity index is 2.48. The van der Waals surface area contributed by atoms with Gasteiger partial charge in [-0.3, -0.25) is 0 Å². The molecule has 0 aliphatic rings. The third kappa shape index (κ3) is 1.87. The number of aromatic hydroxyl groups is 1. The molecule has 1 nitrogen and oxygen atoms in total. The summed E-state index contributed by atoms with van der Waals surface area (Å²) in [6.45, 7) is 1.84. The molecule has 19 heavy (non-hydrogen) atoms. The highest BCUT2D eigenvalue weighted by Gasteiger charge is 2.15. The lowest BCUT2D eigenvalue weighted by Gasteiger charge is -2.14. The fourth-order valence-electron chi connectivity index (χ4n) is 2.41. The Labute approximate surface area is 117 Å². The Morgan fingerprint density at radius 3 is 2.11 bits per heavy atom. The number of halogens is 1. The zero-order chi connectivity index (χ0) is 13.4. The summed E-state index contributed by atoms with van der Waals surface area (Å²) < 4.78 is 0. The van der Waals surface area contributed by atoms with Crippen molar-refractivity contribution in [3.63, 3.8) is 0 Å². The number of phenols is 1. The molecule has 0 aliphatic carbocycles. The Hall–Kier alpha value is -1.99. The molecule has 3 aromatic carbocycles. The van der Waals surface area contributed by atoms with E-state index in [0.717, 1.165) is 27.5 Å². The van der Waals surface area contributed by atoms with E-state index in [0.29, 0.717) is 5.02 Å². The largest absolute Gasteiger partial charge is 0.507 e. The van der Waals surface area contributed by atoms with E-state index in [1.165, 1.54) is 0 Å². The normalized spacial score (nSPS) is 10.8. The molecule has 1 N–H and O–H groups in total. The monoisotopic (exact) mass is 268 g/mol. The van der Waals surface area contributed by atoms with Gasteiger partial charge in [-0.05, 0) is 17.9 Å². The number of fused-ring (bicyclic) bond motifs is 1. The lowest BCUT2D eigenvalue weighted by atomic mass is 9.95. The van der Waals surface area contributed by atoms with Crippen LogP contribution in [-0.2, 0) is 0 Å². The first-order valence-corrected chi connectivity index (χ1v) is 6.53. The van der Waals surface area contributed by atoms with Gasteiger partial charge in [0.15, 0.2) is 0 Å². The van der Waals surface area contributed by atoms with Gasteiger partial charge in [-0.2, -0.15) is 0 Å². The van der Waals surface area contributed by atoms with Gasteiger partial charge in [-0.15, -0.1) is 0 Å². The molecule has 0 bridgehead atoms. The van der Waals surface area contributed by atoms with Crippen LogP contribution in [0.2, 0.25) is 5.02 Å². The summed E-state index contributed by atoms with van der Waals surface area (Å²) in [5, 5.41) is 12.6. The van der Waals surface area contributed by atoms with Crippen LogP contribution in [0.25, 0.3) is 21.9 Å². The lowest BCUT2D eigenvalue weighted by Crippen LogP contribution is -1.88. The Morgan fingerprint density at radius 2 is 1.42 bits per heavy atom. The third-order valence-corrected chi connectivity index (χ3v) is 3.89. The molecule has 3 aromatic rings. The molecule has 0 saturated heterocycles. The van der Waals surface area contributed by atoms with Gasteiger partial charge in [0.1, 0.15) is 5.75 Å². The van der Waals surface area contributed by atoms with E-state index >= 15 is 0 Å². The topological polar surface area (TPSA) is 20.2 Å². The minimum atomic E-state index is 0.264. The Morgan fingerprint density at radius 1 is 0.842 bits per heavy atom. The molecule has 0 atom stereocenters. The Kier molecular flexibility index (Phi) is 2.92. The fraction of sp³-hybridized carbons (Fsp3) is 0.0588. The van der Waals surface area contributed by atoms with E-state index in [4.69, 9.17) is 11.6 Å². The number of rotatable bonds is 1. The zero-order valence-electron chi connectivity index (χ0n) is 10.5. The molecule has 0 heterocycles. The molecule has 2 heteroatoms. The second kappa shape index (κ2) is 4.60. The number of hydrogen-bond donors (Lipinski definition) is 1. The summed E-state index contributed by atoms with van der Waals surface area (Å²) >= 11 is 6.45. The quantitative estimate of drug-likeness (QED) is 0.645. The molecule has 0 fully saturated rings. The van der Waals surface area contributed by atoms with Crippen LogP contribution in [-0.4, -0.2) is 5.11 Å². The van der Waals surface area contributed by atoms with Crippen LogP contribution in [0.3, 0.4) is 0 Å². The molecular formula is C17H13ClO. The van der Waals surface area contributed by atoms with Crippen LogP contribution in [0, 0.1) is 6.92 Å². The third-order valence-electron chi connectivity index (χ3n) is 3.42. The highest BCUT2D eigenvalue weighted by Crippen LogP contribution is 2.42. The predicted molar refractivity (Wildman–Crippen MR) is 80.8 cm³/mol. The SMILES string of the molecule is Cc1c(Cl)c(-c2ccccc2)c2ccccc2c1O. The van der Waals surface area contributed by atoms with E-state index in [-0.39, 0.29) is 5.75 Å². The Bertz CT molecular complexity index is 748. The van der Waals surface area contributed by atoms with Crippen LogP contribution in [0.4, 0.5) is 0 Å². The van der Waals surface area contributed by atoms with Crippen LogP contribution >= 0.6 is 11.6 Å². The first-order valence-electron chi connectivity index (χ1n) is 6.15. The first-order chi connectivity index (χ1) is 9.20. The van der Waals surface area contributed by atoms with E-state index < -0.39 is 0 Å². The maximum atomic E-state index is 10.2.